The number of esters is 1. The van der Waals surface area contributed by atoms with Crippen molar-refractivity contribution in [2.24, 2.45) is 0 Å². The maximum atomic E-state index is 11.7. The Labute approximate surface area is 151 Å². The minimum Gasteiger partial charge on any atom is -0.497 e. The molecule has 2 aromatic carbocycles. The van der Waals surface area contributed by atoms with Crippen molar-refractivity contribution in [1.29, 1.82) is 5.26 Å². The van der Waals surface area contributed by atoms with Gasteiger partial charge < -0.3 is 14.8 Å². The number of hydrogen-bond donors (Lipinski definition) is 1. The van der Waals surface area contributed by atoms with Crippen molar-refractivity contribution in [2.75, 3.05) is 19.0 Å². The Bertz CT molecular complexity index is 992. The molecule has 6 nitrogen and oxygen atoms in total. The van der Waals surface area contributed by atoms with Crippen LogP contribution in [0.3, 0.4) is 0 Å². The fourth-order valence-electron chi connectivity index (χ4n) is 2.57. The molecule has 1 N–H and O–H groups in total. The first kappa shape index (κ1) is 17.2. The summed E-state index contributed by atoms with van der Waals surface area (Å²) >= 11 is 0. The van der Waals surface area contributed by atoms with Crippen LogP contribution in [-0.2, 0) is 4.74 Å². The van der Waals surface area contributed by atoms with Gasteiger partial charge in [0.1, 0.15) is 11.8 Å². The van der Waals surface area contributed by atoms with Gasteiger partial charge in [-0.2, -0.15) is 5.26 Å². The molecule has 0 radical (unpaired) electrons. The van der Waals surface area contributed by atoms with Crippen LogP contribution >= 0.6 is 0 Å². The van der Waals surface area contributed by atoms with Crippen LogP contribution in [-0.4, -0.2) is 24.7 Å². The third-order valence-electron chi connectivity index (χ3n) is 3.86. The van der Waals surface area contributed by atoms with Gasteiger partial charge in [-0.05, 0) is 43.3 Å². The molecular formula is C20H17N3O3. The Balaban J connectivity index is 1.97. The van der Waals surface area contributed by atoms with Crippen molar-refractivity contribution < 1.29 is 14.3 Å². The van der Waals surface area contributed by atoms with Gasteiger partial charge >= 0.3 is 5.97 Å². The maximum Gasteiger partial charge on any atom is 0.338 e. The number of carbonyl (C=O) groups is 1. The van der Waals surface area contributed by atoms with Crippen LogP contribution in [0.25, 0.3) is 10.9 Å². The zero-order valence-corrected chi connectivity index (χ0v) is 14.4. The van der Waals surface area contributed by atoms with E-state index in [-0.39, 0.29) is 5.97 Å². The molecule has 0 saturated carbocycles. The van der Waals surface area contributed by atoms with Crippen LogP contribution in [0, 0.1) is 11.3 Å². The second kappa shape index (κ2) is 7.53. The van der Waals surface area contributed by atoms with Gasteiger partial charge in [-0.25, -0.2) is 4.79 Å². The van der Waals surface area contributed by atoms with Crippen LogP contribution < -0.4 is 10.1 Å². The molecule has 6 heteroatoms. The monoisotopic (exact) mass is 347 g/mol. The van der Waals surface area contributed by atoms with Gasteiger partial charge in [0.2, 0.25) is 0 Å². The van der Waals surface area contributed by atoms with Crippen LogP contribution in [0.1, 0.15) is 22.8 Å². The summed E-state index contributed by atoms with van der Waals surface area (Å²) in [4.78, 5) is 16.1. The molecule has 0 amide bonds. The number of rotatable bonds is 5. The molecule has 0 spiro atoms. The van der Waals surface area contributed by atoms with E-state index < -0.39 is 0 Å². The van der Waals surface area contributed by atoms with Crippen LogP contribution in [0.15, 0.2) is 48.7 Å². The molecule has 0 bridgehead atoms. The van der Waals surface area contributed by atoms with Crippen molar-refractivity contribution >= 4 is 28.2 Å². The highest BCUT2D eigenvalue weighted by Gasteiger charge is 2.11. The van der Waals surface area contributed by atoms with Gasteiger partial charge in [0.05, 0.1) is 36.0 Å². The van der Waals surface area contributed by atoms with Gasteiger partial charge in [0.25, 0.3) is 0 Å². The minimum absolute atomic E-state index is 0.330. The summed E-state index contributed by atoms with van der Waals surface area (Å²) in [6.45, 7) is 2.09. The zero-order chi connectivity index (χ0) is 18.5. The van der Waals surface area contributed by atoms with Crippen LogP contribution in [0.2, 0.25) is 0 Å². The maximum absolute atomic E-state index is 11.7. The highest BCUT2D eigenvalue weighted by molar-refractivity contribution is 5.96. The lowest BCUT2D eigenvalue weighted by molar-refractivity contribution is 0.0526. The van der Waals surface area contributed by atoms with E-state index in [1.165, 1.54) is 6.20 Å². The molecule has 1 aromatic heterocycles. The second-order valence-corrected chi connectivity index (χ2v) is 5.46. The third kappa shape index (κ3) is 3.42. The molecule has 0 unspecified atom stereocenters. The number of fused-ring (bicyclic) bond motifs is 1. The summed E-state index contributed by atoms with van der Waals surface area (Å²) in [7, 11) is 1.59. The summed E-state index contributed by atoms with van der Waals surface area (Å²) in [5.74, 6) is 0.331. The first-order valence-corrected chi connectivity index (χ1v) is 8.07. The van der Waals surface area contributed by atoms with E-state index in [0.29, 0.717) is 34.7 Å². The molecule has 0 aliphatic rings. The Kier molecular flexibility index (Phi) is 4.99. The molecule has 26 heavy (non-hydrogen) atoms. The molecule has 0 aliphatic heterocycles. The van der Waals surface area contributed by atoms with Crippen molar-refractivity contribution in [3.63, 3.8) is 0 Å². The molecule has 3 aromatic rings. The average molecular weight is 347 g/mol. The normalized spacial score (nSPS) is 10.2. The highest BCUT2D eigenvalue weighted by atomic mass is 16.5. The molecule has 0 atom stereocenters. The van der Waals surface area contributed by atoms with Gasteiger partial charge in [0, 0.05) is 23.3 Å². The average Bonchev–Trinajstić information content (AvgIpc) is 2.68. The summed E-state index contributed by atoms with van der Waals surface area (Å²) in [5, 5.41) is 13.5. The predicted octanol–water partition coefficient (Wildman–Crippen LogP) is 4.04. The van der Waals surface area contributed by atoms with Gasteiger partial charge in [-0.15, -0.1) is 0 Å². The van der Waals surface area contributed by atoms with Crippen molar-refractivity contribution in [3.8, 4) is 11.8 Å². The van der Waals surface area contributed by atoms with E-state index in [2.05, 4.69) is 16.4 Å². The molecule has 3 rings (SSSR count). The zero-order valence-electron chi connectivity index (χ0n) is 14.4. The second-order valence-electron chi connectivity index (χ2n) is 5.46. The molecular weight excluding hydrogens is 330 g/mol. The number of anilines is 2. The Morgan fingerprint density at radius 3 is 2.65 bits per heavy atom. The van der Waals surface area contributed by atoms with Gasteiger partial charge in [-0.3, -0.25) is 4.98 Å². The van der Waals surface area contributed by atoms with Crippen molar-refractivity contribution in [1.82, 2.24) is 4.98 Å². The van der Waals surface area contributed by atoms with Gasteiger partial charge in [0.15, 0.2) is 0 Å². The van der Waals surface area contributed by atoms with E-state index in [1.54, 1.807) is 38.3 Å². The van der Waals surface area contributed by atoms with E-state index in [4.69, 9.17) is 9.47 Å². The number of ether oxygens (including phenoxy) is 2. The number of hydrogen-bond acceptors (Lipinski definition) is 6. The number of nitrogens with zero attached hydrogens (tertiary/aromatic N) is 2. The summed E-state index contributed by atoms with van der Waals surface area (Å²) in [6.07, 6.45) is 1.52. The van der Waals surface area contributed by atoms with E-state index in [0.717, 1.165) is 11.1 Å². The van der Waals surface area contributed by atoms with E-state index in [9.17, 15) is 10.1 Å². The van der Waals surface area contributed by atoms with Gasteiger partial charge in [-0.1, -0.05) is 0 Å². The predicted molar refractivity (Wildman–Crippen MR) is 98.7 cm³/mol. The molecule has 1 heterocycles. The highest BCUT2D eigenvalue weighted by Crippen LogP contribution is 2.31. The lowest BCUT2D eigenvalue weighted by Crippen LogP contribution is -2.04. The summed E-state index contributed by atoms with van der Waals surface area (Å²) in [6, 6.07) is 14.5. The number of carbonyl (C=O) groups excluding carboxylic acids is 1. The number of pyridine rings is 1. The quantitative estimate of drug-likeness (QED) is 0.701. The number of methoxy groups -OCH3 is 1. The fraction of sp³-hybridized carbons (Fsp3) is 0.150. The van der Waals surface area contributed by atoms with Crippen molar-refractivity contribution in [3.05, 3.63) is 59.8 Å². The number of nitrogens with one attached hydrogen (secondary N) is 1. The third-order valence-corrected chi connectivity index (χ3v) is 3.86. The lowest BCUT2D eigenvalue weighted by atomic mass is 10.1. The lowest BCUT2D eigenvalue weighted by Gasteiger charge is -2.12. The molecule has 0 fully saturated rings. The Hall–Kier alpha value is -3.59. The molecule has 0 saturated heterocycles. The summed E-state index contributed by atoms with van der Waals surface area (Å²) < 4.78 is 10.2. The van der Waals surface area contributed by atoms with E-state index in [1.807, 2.05) is 18.2 Å². The van der Waals surface area contributed by atoms with Crippen LogP contribution in [0.4, 0.5) is 11.4 Å². The van der Waals surface area contributed by atoms with Crippen LogP contribution in [0.5, 0.6) is 5.75 Å². The standard InChI is InChI=1S/C20H17N3O3/c1-3-26-20(24)13-4-6-15(7-5-13)23-19-14(11-21)12-22-18-10-16(25-2)8-9-17(18)19/h4-10,12H,3H2,1-2H3,(H,22,23). The summed E-state index contributed by atoms with van der Waals surface area (Å²) in [5.41, 5.74) is 3.02. The fourth-order valence-corrected chi connectivity index (χ4v) is 2.57. The number of nitriles is 1. The topological polar surface area (TPSA) is 84.2 Å². The molecule has 0 aliphatic carbocycles. The Morgan fingerprint density at radius 1 is 1.23 bits per heavy atom. The number of aromatic nitrogens is 1. The smallest absolute Gasteiger partial charge is 0.338 e. The SMILES string of the molecule is CCOC(=O)c1ccc(Nc2c(C#N)cnc3cc(OC)ccc23)cc1. The van der Waals surface area contributed by atoms with E-state index >= 15 is 0 Å². The van der Waals surface area contributed by atoms with Crippen molar-refractivity contribution in [2.45, 2.75) is 6.92 Å². The Morgan fingerprint density at radius 2 is 2.00 bits per heavy atom. The first-order valence-electron chi connectivity index (χ1n) is 8.07. The first-order chi connectivity index (χ1) is 12.7. The number of benzene rings is 2. The molecule has 130 valence electrons. The minimum atomic E-state index is -0.363. The largest absolute Gasteiger partial charge is 0.497 e.